The van der Waals surface area contributed by atoms with Crippen LogP contribution >= 0.6 is 24.8 Å². The van der Waals surface area contributed by atoms with Crippen molar-refractivity contribution in [2.45, 2.75) is 64.8 Å². The van der Waals surface area contributed by atoms with Crippen LogP contribution in [0.3, 0.4) is 0 Å². The van der Waals surface area contributed by atoms with Crippen LogP contribution in [0, 0.1) is 13.8 Å². The molecule has 2 heterocycles. The smallest absolute Gasteiger partial charge is 0.254 e. The summed E-state index contributed by atoms with van der Waals surface area (Å²) in [5.74, 6) is 0.739. The lowest BCUT2D eigenvalue weighted by atomic mass is 9.98. The van der Waals surface area contributed by atoms with Crippen LogP contribution in [0.1, 0.15) is 72.1 Å². The van der Waals surface area contributed by atoms with Crippen LogP contribution in [0.25, 0.3) is 10.9 Å². The van der Waals surface area contributed by atoms with Crippen molar-refractivity contribution in [1.82, 2.24) is 15.2 Å². The highest BCUT2D eigenvalue weighted by atomic mass is 35.5. The first-order chi connectivity index (χ1) is 13.1. The molecule has 1 aliphatic heterocycles. The van der Waals surface area contributed by atoms with Gasteiger partial charge in [0.2, 0.25) is 0 Å². The van der Waals surface area contributed by atoms with Gasteiger partial charge in [0.25, 0.3) is 5.91 Å². The number of benzene rings is 1. The Kier molecular flexibility index (Phi) is 8.33. The number of piperidine rings is 1. The first kappa shape index (κ1) is 23.9. The fourth-order valence-electron chi connectivity index (χ4n) is 4.43. The lowest BCUT2D eigenvalue weighted by Crippen LogP contribution is -2.46. The van der Waals surface area contributed by atoms with Crippen LogP contribution in [0.4, 0.5) is 0 Å². The van der Waals surface area contributed by atoms with Gasteiger partial charge in [-0.2, -0.15) is 0 Å². The summed E-state index contributed by atoms with van der Waals surface area (Å²) in [6, 6.07) is 6.77. The van der Waals surface area contributed by atoms with Crippen molar-refractivity contribution in [3.63, 3.8) is 0 Å². The number of rotatable bonds is 5. The van der Waals surface area contributed by atoms with Crippen LogP contribution < -0.4 is 5.32 Å². The minimum Gasteiger partial charge on any atom is -0.336 e. The van der Waals surface area contributed by atoms with Gasteiger partial charge in [0, 0.05) is 29.6 Å². The largest absolute Gasteiger partial charge is 0.336 e. The third-order valence-corrected chi connectivity index (χ3v) is 5.97. The highest BCUT2D eigenvalue weighted by Crippen LogP contribution is 2.41. The van der Waals surface area contributed by atoms with Gasteiger partial charge in [-0.3, -0.25) is 9.78 Å². The van der Waals surface area contributed by atoms with E-state index in [4.69, 9.17) is 4.98 Å². The Bertz CT molecular complexity index is 861. The van der Waals surface area contributed by atoms with Gasteiger partial charge in [-0.05, 0) is 76.7 Å². The summed E-state index contributed by atoms with van der Waals surface area (Å²) < 4.78 is 0. The molecule has 29 heavy (non-hydrogen) atoms. The highest BCUT2D eigenvalue weighted by Gasteiger charge is 2.30. The SMILES string of the molecule is CCCN(C(=O)c1cc(C2CC2)nc2c(C)cc(C)cc12)C1CCNCC1.Cl.Cl. The van der Waals surface area contributed by atoms with Crippen molar-refractivity contribution in [1.29, 1.82) is 0 Å². The Balaban J connectivity index is 0.00000150. The molecular weight excluding hydrogens is 405 g/mol. The van der Waals surface area contributed by atoms with Gasteiger partial charge in [0.15, 0.2) is 0 Å². The summed E-state index contributed by atoms with van der Waals surface area (Å²) >= 11 is 0. The van der Waals surface area contributed by atoms with Gasteiger partial charge in [-0.25, -0.2) is 0 Å². The van der Waals surface area contributed by atoms with Crippen LogP contribution in [0.2, 0.25) is 0 Å². The van der Waals surface area contributed by atoms with E-state index in [1.807, 2.05) is 0 Å². The van der Waals surface area contributed by atoms with E-state index in [1.54, 1.807) is 0 Å². The van der Waals surface area contributed by atoms with E-state index in [9.17, 15) is 4.79 Å². The van der Waals surface area contributed by atoms with E-state index in [0.29, 0.717) is 12.0 Å². The lowest BCUT2D eigenvalue weighted by Gasteiger charge is -2.35. The molecule has 1 saturated heterocycles. The molecule has 1 N–H and O–H groups in total. The molecule has 4 nitrogen and oxygen atoms in total. The third-order valence-electron chi connectivity index (χ3n) is 5.97. The predicted molar refractivity (Wildman–Crippen MR) is 125 cm³/mol. The fraction of sp³-hybridized carbons (Fsp3) is 0.565. The molecule has 160 valence electrons. The number of nitrogens with zero attached hydrogens (tertiary/aromatic N) is 2. The maximum absolute atomic E-state index is 13.7. The van der Waals surface area contributed by atoms with E-state index in [0.717, 1.165) is 61.1 Å². The van der Waals surface area contributed by atoms with E-state index in [-0.39, 0.29) is 30.7 Å². The average molecular weight is 438 g/mol. The molecule has 1 aliphatic carbocycles. The van der Waals surface area contributed by atoms with Crippen molar-refractivity contribution in [3.05, 3.63) is 40.6 Å². The molecule has 0 radical (unpaired) electrons. The Morgan fingerprint density at radius 1 is 1.10 bits per heavy atom. The van der Waals surface area contributed by atoms with Crippen molar-refractivity contribution in [2.75, 3.05) is 19.6 Å². The van der Waals surface area contributed by atoms with Crippen molar-refractivity contribution in [3.8, 4) is 0 Å². The van der Waals surface area contributed by atoms with Crippen LogP contribution in [0.5, 0.6) is 0 Å². The third kappa shape index (κ3) is 5.04. The topological polar surface area (TPSA) is 45.2 Å². The molecule has 2 fully saturated rings. The number of hydrogen-bond donors (Lipinski definition) is 1. The van der Waals surface area contributed by atoms with Gasteiger partial charge < -0.3 is 10.2 Å². The zero-order valence-electron chi connectivity index (χ0n) is 17.7. The maximum atomic E-state index is 13.7. The number of halogens is 2. The summed E-state index contributed by atoms with van der Waals surface area (Å²) in [7, 11) is 0. The number of carbonyl (C=O) groups is 1. The summed E-state index contributed by atoms with van der Waals surface area (Å²) in [4.78, 5) is 20.8. The molecule has 6 heteroatoms. The number of fused-ring (bicyclic) bond motifs is 1. The molecule has 4 rings (SSSR count). The zero-order valence-corrected chi connectivity index (χ0v) is 19.3. The predicted octanol–water partition coefficient (Wildman–Crippen LogP) is 5.18. The quantitative estimate of drug-likeness (QED) is 0.700. The molecule has 0 spiro atoms. The Labute approximate surface area is 186 Å². The lowest BCUT2D eigenvalue weighted by molar-refractivity contribution is 0.0644. The number of amides is 1. The second-order valence-electron chi connectivity index (χ2n) is 8.33. The first-order valence-electron chi connectivity index (χ1n) is 10.5. The molecular formula is C23H33Cl2N3O. The second-order valence-corrected chi connectivity index (χ2v) is 8.33. The fourth-order valence-corrected chi connectivity index (χ4v) is 4.43. The van der Waals surface area contributed by atoms with Gasteiger partial charge in [0.1, 0.15) is 0 Å². The summed E-state index contributed by atoms with van der Waals surface area (Å²) in [5.41, 5.74) is 5.35. The number of aryl methyl sites for hydroxylation is 2. The molecule has 0 bridgehead atoms. The molecule has 0 atom stereocenters. The van der Waals surface area contributed by atoms with Crippen LogP contribution in [-0.2, 0) is 0 Å². The number of hydrogen-bond acceptors (Lipinski definition) is 3. The summed E-state index contributed by atoms with van der Waals surface area (Å²) in [5, 5.41) is 4.44. The second kappa shape index (κ2) is 10.1. The van der Waals surface area contributed by atoms with Gasteiger partial charge in [0.05, 0.1) is 11.1 Å². The van der Waals surface area contributed by atoms with Crippen molar-refractivity contribution in [2.24, 2.45) is 0 Å². The van der Waals surface area contributed by atoms with E-state index < -0.39 is 0 Å². The first-order valence-corrected chi connectivity index (χ1v) is 10.5. The van der Waals surface area contributed by atoms with E-state index in [2.05, 4.69) is 49.2 Å². The molecule has 1 aromatic heterocycles. The maximum Gasteiger partial charge on any atom is 0.254 e. The normalized spacial score (nSPS) is 16.8. The molecule has 2 aromatic rings. The Morgan fingerprint density at radius 2 is 1.79 bits per heavy atom. The number of carbonyl (C=O) groups excluding carboxylic acids is 1. The minimum atomic E-state index is 0. The minimum absolute atomic E-state index is 0. The Hall–Kier alpha value is -1.36. The zero-order chi connectivity index (χ0) is 19.0. The van der Waals surface area contributed by atoms with Gasteiger partial charge in [-0.15, -0.1) is 24.8 Å². The van der Waals surface area contributed by atoms with Gasteiger partial charge in [-0.1, -0.05) is 18.6 Å². The molecule has 1 saturated carbocycles. The van der Waals surface area contributed by atoms with Crippen LogP contribution in [0.15, 0.2) is 18.2 Å². The average Bonchev–Trinajstić information content (AvgIpc) is 3.51. The van der Waals surface area contributed by atoms with Gasteiger partial charge >= 0.3 is 0 Å². The van der Waals surface area contributed by atoms with Crippen molar-refractivity contribution < 1.29 is 4.79 Å². The number of aromatic nitrogens is 1. The molecule has 0 unspecified atom stereocenters. The molecule has 1 amide bonds. The number of nitrogens with one attached hydrogen (secondary N) is 1. The van der Waals surface area contributed by atoms with Crippen molar-refractivity contribution >= 4 is 41.6 Å². The monoisotopic (exact) mass is 437 g/mol. The summed E-state index contributed by atoms with van der Waals surface area (Å²) in [6.07, 6.45) is 5.48. The highest BCUT2D eigenvalue weighted by molar-refractivity contribution is 6.07. The standard InChI is InChI=1S/C23H31N3O.2ClH/c1-4-11-26(18-7-9-24-10-8-18)23(27)20-14-21(17-5-6-17)25-22-16(3)12-15(2)13-19(20)22;;/h12-14,17-18,24H,4-11H2,1-3H3;2*1H. The molecule has 2 aliphatic rings. The van der Waals surface area contributed by atoms with E-state index >= 15 is 0 Å². The molecule has 1 aromatic carbocycles. The van der Waals surface area contributed by atoms with E-state index in [1.165, 1.54) is 24.0 Å². The number of pyridine rings is 1. The van der Waals surface area contributed by atoms with Crippen LogP contribution in [-0.4, -0.2) is 41.5 Å². The summed E-state index contributed by atoms with van der Waals surface area (Å²) in [6.45, 7) is 9.21. The Morgan fingerprint density at radius 3 is 2.41 bits per heavy atom.